The third-order valence-electron chi connectivity index (χ3n) is 3.65. The second-order valence-corrected chi connectivity index (χ2v) is 6.97. The molecule has 0 unspecified atom stereocenters. The van der Waals surface area contributed by atoms with Crippen LogP contribution in [0.15, 0.2) is 48.0 Å². The summed E-state index contributed by atoms with van der Waals surface area (Å²) in [5.41, 5.74) is 2.23. The number of ether oxygens (including phenoxy) is 1. The Morgan fingerprint density at radius 3 is 2.76 bits per heavy atom. The zero-order valence-electron chi connectivity index (χ0n) is 14.7. The van der Waals surface area contributed by atoms with Gasteiger partial charge in [0, 0.05) is 36.3 Å². The number of hydrogen-bond acceptors (Lipinski definition) is 6. The van der Waals surface area contributed by atoms with Crippen LogP contribution in [0.1, 0.15) is 16.0 Å². The smallest absolute Gasteiger partial charge is 0.224 e. The van der Waals surface area contributed by atoms with E-state index in [0.29, 0.717) is 19.1 Å². The second kappa shape index (κ2) is 7.98. The maximum absolute atomic E-state index is 5.78. The molecule has 0 amide bonds. The molecule has 0 aliphatic carbocycles. The summed E-state index contributed by atoms with van der Waals surface area (Å²) in [5, 5.41) is 5.42. The average molecular weight is 354 g/mol. The Balaban J connectivity index is 1.56. The van der Waals surface area contributed by atoms with Crippen molar-refractivity contribution in [3.63, 3.8) is 0 Å². The lowest BCUT2D eigenvalue weighted by atomic mass is 10.3. The van der Waals surface area contributed by atoms with Gasteiger partial charge in [0.15, 0.2) is 0 Å². The molecule has 5 nitrogen and oxygen atoms in total. The lowest BCUT2D eigenvalue weighted by molar-refractivity contribution is 0.306. The van der Waals surface area contributed by atoms with Gasteiger partial charge in [-0.1, -0.05) is 18.2 Å². The molecule has 3 aromatic rings. The number of thiophene rings is 1. The minimum absolute atomic E-state index is 0.576. The molecular weight excluding hydrogens is 332 g/mol. The molecule has 0 fully saturated rings. The van der Waals surface area contributed by atoms with Gasteiger partial charge in [-0.15, -0.1) is 11.3 Å². The average Bonchev–Trinajstić information content (AvgIpc) is 3.08. The predicted molar refractivity (Wildman–Crippen MR) is 104 cm³/mol. The number of anilines is 2. The lowest BCUT2D eigenvalue weighted by Crippen LogP contribution is -2.14. The minimum Gasteiger partial charge on any atom is -0.489 e. The maximum atomic E-state index is 5.78. The second-order valence-electron chi connectivity index (χ2n) is 5.97. The molecule has 0 aliphatic heterocycles. The van der Waals surface area contributed by atoms with Crippen LogP contribution >= 0.6 is 11.3 Å². The van der Waals surface area contributed by atoms with Crippen LogP contribution in [0.25, 0.3) is 0 Å². The van der Waals surface area contributed by atoms with Gasteiger partial charge in [0.25, 0.3) is 0 Å². The molecule has 0 bridgehead atoms. The van der Waals surface area contributed by atoms with Crippen LogP contribution in [0.2, 0.25) is 0 Å². The molecule has 0 saturated heterocycles. The number of para-hydroxylation sites is 1. The van der Waals surface area contributed by atoms with Gasteiger partial charge < -0.3 is 15.0 Å². The Hall–Kier alpha value is -2.60. The number of aromatic nitrogens is 2. The van der Waals surface area contributed by atoms with E-state index in [4.69, 9.17) is 4.74 Å². The van der Waals surface area contributed by atoms with Crippen LogP contribution in [0.5, 0.6) is 5.75 Å². The molecule has 0 aliphatic rings. The molecule has 130 valence electrons. The molecule has 2 heterocycles. The maximum Gasteiger partial charge on any atom is 0.224 e. The molecule has 0 atom stereocenters. The van der Waals surface area contributed by atoms with Crippen molar-refractivity contribution in [3.05, 3.63) is 64.0 Å². The summed E-state index contributed by atoms with van der Waals surface area (Å²) in [6, 6.07) is 12.0. The summed E-state index contributed by atoms with van der Waals surface area (Å²) in [4.78, 5) is 12.1. The number of benzene rings is 1. The molecule has 0 spiro atoms. The summed E-state index contributed by atoms with van der Waals surface area (Å²) in [6.45, 7) is 3.29. The number of aryl methyl sites for hydroxylation is 1. The van der Waals surface area contributed by atoms with Crippen LogP contribution in [-0.2, 0) is 13.2 Å². The van der Waals surface area contributed by atoms with Crippen molar-refractivity contribution < 1.29 is 4.74 Å². The van der Waals surface area contributed by atoms with Crippen molar-refractivity contribution in [1.82, 2.24) is 9.97 Å². The number of nitrogens with zero attached hydrogens (tertiary/aromatic N) is 3. The van der Waals surface area contributed by atoms with E-state index < -0.39 is 0 Å². The topological polar surface area (TPSA) is 50.3 Å². The largest absolute Gasteiger partial charge is 0.489 e. The molecule has 1 aromatic carbocycles. The molecule has 2 aromatic heterocycles. The summed E-state index contributed by atoms with van der Waals surface area (Å²) in [7, 11) is 3.97. The molecular formula is C19H22N4OS. The normalized spacial score (nSPS) is 10.5. The van der Waals surface area contributed by atoms with E-state index in [1.165, 1.54) is 10.4 Å². The number of nitrogens with one attached hydrogen (secondary N) is 1. The molecule has 0 radical (unpaired) electrons. The third kappa shape index (κ3) is 4.70. The molecule has 6 heteroatoms. The summed E-state index contributed by atoms with van der Waals surface area (Å²) < 4.78 is 5.78. The van der Waals surface area contributed by atoms with E-state index in [1.807, 2.05) is 62.4 Å². The van der Waals surface area contributed by atoms with Crippen molar-refractivity contribution >= 4 is 23.1 Å². The van der Waals surface area contributed by atoms with Gasteiger partial charge in [-0.05, 0) is 30.5 Å². The lowest BCUT2D eigenvalue weighted by Gasteiger charge is -2.15. The molecule has 3 rings (SSSR count). The van der Waals surface area contributed by atoms with Crippen LogP contribution < -0.4 is 15.0 Å². The van der Waals surface area contributed by atoms with Gasteiger partial charge in [0.1, 0.15) is 18.2 Å². The van der Waals surface area contributed by atoms with Crippen LogP contribution in [0, 0.1) is 6.92 Å². The van der Waals surface area contributed by atoms with E-state index in [-0.39, 0.29) is 0 Å². The first kappa shape index (κ1) is 17.2. The summed E-state index contributed by atoms with van der Waals surface area (Å²) in [6.07, 6.45) is 1.85. The Morgan fingerprint density at radius 2 is 2.00 bits per heavy atom. The standard InChI is InChI=1S/C19H22N4OS/c1-14-10-20-19(22-18(14)23(2)3)21-11-17-9-15(13-25-17)12-24-16-7-5-4-6-8-16/h4-10,13H,11-12H2,1-3H3,(H,20,21,22). The van der Waals surface area contributed by atoms with Crippen LogP contribution in [0.3, 0.4) is 0 Å². The fourth-order valence-corrected chi connectivity index (χ4v) is 3.23. The minimum atomic E-state index is 0.576. The first-order valence-electron chi connectivity index (χ1n) is 8.11. The highest BCUT2D eigenvalue weighted by Gasteiger charge is 2.06. The van der Waals surface area contributed by atoms with Gasteiger partial charge in [-0.3, -0.25) is 0 Å². The van der Waals surface area contributed by atoms with Gasteiger partial charge >= 0.3 is 0 Å². The molecule has 25 heavy (non-hydrogen) atoms. The van der Waals surface area contributed by atoms with E-state index in [1.54, 1.807) is 11.3 Å². The molecule has 1 N–H and O–H groups in total. The van der Waals surface area contributed by atoms with E-state index in [9.17, 15) is 0 Å². The summed E-state index contributed by atoms with van der Waals surface area (Å²) >= 11 is 1.71. The number of hydrogen-bond donors (Lipinski definition) is 1. The van der Waals surface area contributed by atoms with Gasteiger partial charge in [-0.25, -0.2) is 4.98 Å². The van der Waals surface area contributed by atoms with E-state index in [2.05, 4.69) is 26.7 Å². The van der Waals surface area contributed by atoms with Crippen LogP contribution in [-0.4, -0.2) is 24.1 Å². The zero-order valence-corrected chi connectivity index (χ0v) is 15.5. The van der Waals surface area contributed by atoms with Gasteiger partial charge in [-0.2, -0.15) is 4.98 Å². The quantitative estimate of drug-likeness (QED) is 0.692. The van der Waals surface area contributed by atoms with Crippen LogP contribution in [0.4, 0.5) is 11.8 Å². The SMILES string of the molecule is Cc1cnc(NCc2cc(COc3ccccc3)cs2)nc1N(C)C. The van der Waals surface area contributed by atoms with Crippen molar-refractivity contribution in [2.45, 2.75) is 20.1 Å². The summed E-state index contributed by atoms with van der Waals surface area (Å²) in [5.74, 6) is 2.46. The van der Waals surface area contributed by atoms with E-state index in [0.717, 1.165) is 17.1 Å². The fourth-order valence-electron chi connectivity index (χ4n) is 2.42. The highest BCUT2D eigenvalue weighted by Crippen LogP contribution is 2.20. The van der Waals surface area contributed by atoms with Gasteiger partial charge in [0.2, 0.25) is 5.95 Å². The Morgan fingerprint density at radius 1 is 1.20 bits per heavy atom. The third-order valence-corrected chi connectivity index (χ3v) is 4.63. The molecule has 0 saturated carbocycles. The van der Waals surface area contributed by atoms with Crippen molar-refractivity contribution in [3.8, 4) is 5.75 Å². The van der Waals surface area contributed by atoms with Crippen molar-refractivity contribution in [2.75, 3.05) is 24.3 Å². The van der Waals surface area contributed by atoms with E-state index >= 15 is 0 Å². The highest BCUT2D eigenvalue weighted by molar-refractivity contribution is 7.10. The fraction of sp³-hybridized carbons (Fsp3) is 0.263. The predicted octanol–water partition coefficient (Wildman–Crippen LogP) is 4.10. The first-order valence-corrected chi connectivity index (χ1v) is 8.99. The zero-order chi connectivity index (χ0) is 17.6. The Kier molecular flexibility index (Phi) is 5.50. The monoisotopic (exact) mass is 354 g/mol. The van der Waals surface area contributed by atoms with Crippen molar-refractivity contribution in [1.29, 1.82) is 0 Å². The van der Waals surface area contributed by atoms with Crippen molar-refractivity contribution in [2.24, 2.45) is 0 Å². The first-order chi connectivity index (χ1) is 12.1. The Labute approximate surface area is 152 Å². The van der Waals surface area contributed by atoms with Gasteiger partial charge in [0.05, 0.1) is 6.54 Å². The Bertz CT molecular complexity index is 817. The number of rotatable bonds is 7. The highest BCUT2D eigenvalue weighted by atomic mass is 32.1.